The number of alkyl halides is 1. The molecule has 18 heavy (non-hydrogen) atoms. The van der Waals surface area contributed by atoms with Crippen LogP contribution in [-0.2, 0) is 17.7 Å². The molecule has 0 radical (unpaired) electrons. The molecule has 96 valence electrons. The van der Waals surface area contributed by atoms with E-state index in [1.807, 2.05) is 0 Å². The first-order valence-electron chi connectivity index (χ1n) is 6.38. The third-order valence-corrected chi connectivity index (χ3v) is 4.03. The van der Waals surface area contributed by atoms with E-state index in [1.165, 1.54) is 11.3 Å². The zero-order chi connectivity index (χ0) is 12.5. The lowest BCUT2D eigenvalue weighted by atomic mass is 9.99. The number of hydrogen-bond donors (Lipinski definition) is 0. The predicted octanol–water partition coefficient (Wildman–Crippen LogP) is 3.21. The van der Waals surface area contributed by atoms with Crippen molar-refractivity contribution < 1.29 is 4.74 Å². The summed E-state index contributed by atoms with van der Waals surface area (Å²) in [4.78, 5) is 4.79. The molecule has 2 heterocycles. The minimum absolute atomic E-state index is 0.524. The van der Waals surface area contributed by atoms with E-state index in [2.05, 4.69) is 29.8 Å². The van der Waals surface area contributed by atoms with Crippen LogP contribution in [0.25, 0.3) is 11.0 Å². The summed E-state index contributed by atoms with van der Waals surface area (Å²) in [6.07, 6.45) is 2.14. The second-order valence-corrected chi connectivity index (χ2v) is 5.14. The molecule has 4 heteroatoms. The minimum atomic E-state index is 0.524. The van der Waals surface area contributed by atoms with Gasteiger partial charge in [0.15, 0.2) is 0 Å². The highest BCUT2D eigenvalue weighted by Gasteiger charge is 2.21. The molecule has 0 amide bonds. The molecule has 0 atom stereocenters. The van der Waals surface area contributed by atoms with E-state index < -0.39 is 0 Å². The summed E-state index contributed by atoms with van der Waals surface area (Å²) < 4.78 is 7.63. The lowest BCUT2D eigenvalue weighted by Gasteiger charge is -2.21. The number of imidazole rings is 1. The molecule has 1 aliphatic rings. The highest BCUT2D eigenvalue weighted by Crippen LogP contribution is 2.29. The lowest BCUT2D eigenvalue weighted by Crippen LogP contribution is -2.17. The van der Waals surface area contributed by atoms with Gasteiger partial charge in [-0.1, -0.05) is 6.07 Å². The molecular weight excluding hydrogens is 248 g/mol. The van der Waals surface area contributed by atoms with Gasteiger partial charge in [0.25, 0.3) is 0 Å². The van der Waals surface area contributed by atoms with E-state index in [0.717, 1.165) is 37.1 Å². The predicted molar refractivity (Wildman–Crippen MR) is 73.1 cm³/mol. The lowest BCUT2D eigenvalue weighted by molar-refractivity contribution is 0.0831. The molecule has 1 aromatic heterocycles. The van der Waals surface area contributed by atoms with Gasteiger partial charge >= 0.3 is 0 Å². The maximum atomic E-state index is 5.87. The van der Waals surface area contributed by atoms with Gasteiger partial charge in [-0.2, -0.15) is 0 Å². The largest absolute Gasteiger partial charge is 0.381 e. The Morgan fingerprint density at radius 3 is 2.89 bits per heavy atom. The van der Waals surface area contributed by atoms with Crippen molar-refractivity contribution in [1.29, 1.82) is 0 Å². The van der Waals surface area contributed by atoms with E-state index >= 15 is 0 Å². The van der Waals surface area contributed by atoms with Gasteiger partial charge in [-0.15, -0.1) is 11.6 Å². The summed E-state index contributed by atoms with van der Waals surface area (Å²) >= 11 is 5.87. The summed E-state index contributed by atoms with van der Waals surface area (Å²) in [5.74, 6) is 2.25. The summed E-state index contributed by atoms with van der Waals surface area (Å²) in [6, 6.07) is 6.28. The minimum Gasteiger partial charge on any atom is -0.381 e. The number of rotatable bonds is 2. The number of ether oxygens (including phenoxy) is 1. The molecule has 0 N–H and O–H groups in total. The second-order valence-electron chi connectivity index (χ2n) is 4.87. The Kier molecular flexibility index (Phi) is 3.27. The third kappa shape index (κ3) is 2.02. The van der Waals surface area contributed by atoms with Gasteiger partial charge in [-0.25, -0.2) is 4.98 Å². The van der Waals surface area contributed by atoms with Crippen LogP contribution in [-0.4, -0.2) is 22.8 Å². The molecule has 0 bridgehead atoms. The van der Waals surface area contributed by atoms with Crippen LogP contribution in [0, 0.1) is 0 Å². The Morgan fingerprint density at radius 2 is 2.17 bits per heavy atom. The van der Waals surface area contributed by atoms with Crippen LogP contribution in [0.4, 0.5) is 0 Å². The molecule has 1 fully saturated rings. The Hall–Kier alpha value is -1.06. The molecule has 0 unspecified atom stereocenters. The average molecular weight is 265 g/mol. The Bertz CT molecular complexity index is 558. The van der Waals surface area contributed by atoms with Crippen LogP contribution in [0.15, 0.2) is 18.2 Å². The number of fused-ring (bicyclic) bond motifs is 1. The normalized spacial score (nSPS) is 17.4. The highest BCUT2D eigenvalue weighted by molar-refractivity contribution is 6.17. The SMILES string of the molecule is Cn1c(C2CCOCC2)nc2cc(CCl)ccc21. The number of benzene rings is 1. The number of aryl methyl sites for hydroxylation is 1. The van der Waals surface area contributed by atoms with Crippen LogP contribution in [0.5, 0.6) is 0 Å². The van der Waals surface area contributed by atoms with E-state index in [0.29, 0.717) is 11.8 Å². The van der Waals surface area contributed by atoms with Crippen molar-refractivity contribution in [1.82, 2.24) is 9.55 Å². The van der Waals surface area contributed by atoms with Crippen molar-refractivity contribution in [2.75, 3.05) is 13.2 Å². The fourth-order valence-electron chi connectivity index (χ4n) is 2.67. The van der Waals surface area contributed by atoms with Crippen molar-refractivity contribution in [2.45, 2.75) is 24.6 Å². The van der Waals surface area contributed by atoms with E-state index in [9.17, 15) is 0 Å². The zero-order valence-corrected chi connectivity index (χ0v) is 11.3. The highest BCUT2D eigenvalue weighted by atomic mass is 35.5. The molecule has 3 rings (SSSR count). The number of halogens is 1. The second kappa shape index (κ2) is 4.90. The quantitative estimate of drug-likeness (QED) is 0.779. The molecule has 2 aromatic rings. The van der Waals surface area contributed by atoms with Gasteiger partial charge in [0.1, 0.15) is 5.82 Å². The Balaban J connectivity index is 2.04. The monoisotopic (exact) mass is 264 g/mol. The van der Waals surface area contributed by atoms with Crippen molar-refractivity contribution >= 4 is 22.6 Å². The van der Waals surface area contributed by atoms with Crippen LogP contribution in [0.1, 0.15) is 30.1 Å². The maximum Gasteiger partial charge on any atom is 0.112 e. The number of hydrogen-bond acceptors (Lipinski definition) is 2. The molecule has 0 saturated carbocycles. The standard InChI is InChI=1S/C14H17ClN2O/c1-17-13-3-2-10(9-15)8-12(13)16-14(17)11-4-6-18-7-5-11/h2-3,8,11H,4-7,9H2,1H3. The van der Waals surface area contributed by atoms with Gasteiger partial charge in [-0.3, -0.25) is 0 Å². The van der Waals surface area contributed by atoms with Crippen LogP contribution >= 0.6 is 11.6 Å². The first-order chi connectivity index (χ1) is 8.79. The van der Waals surface area contributed by atoms with E-state index in [4.69, 9.17) is 21.3 Å². The fraction of sp³-hybridized carbons (Fsp3) is 0.500. The summed E-state index contributed by atoms with van der Waals surface area (Å²) in [5, 5.41) is 0. The van der Waals surface area contributed by atoms with Crippen molar-refractivity contribution in [2.24, 2.45) is 7.05 Å². The molecule has 3 nitrogen and oxygen atoms in total. The molecule has 1 aliphatic heterocycles. The molecule has 0 spiro atoms. The fourth-order valence-corrected chi connectivity index (χ4v) is 2.83. The third-order valence-electron chi connectivity index (χ3n) is 3.72. The van der Waals surface area contributed by atoms with Crippen LogP contribution < -0.4 is 0 Å². The Labute approximate surface area is 112 Å². The van der Waals surface area contributed by atoms with Gasteiger partial charge in [0, 0.05) is 32.1 Å². The number of aromatic nitrogens is 2. The van der Waals surface area contributed by atoms with Gasteiger partial charge in [-0.05, 0) is 30.5 Å². The van der Waals surface area contributed by atoms with Crippen molar-refractivity contribution in [3.63, 3.8) is 0 Å². The maximum absolute atomic E-state index is 5.87. The molecule has 1 aromatic carbocycles. The van der Waals surface area contributed by atoms with E-state index in [-0.39, 0.29) is 0 Å². The van der Waals surface area contributed by atoms with Crippen LogP contribution in [0.3, 0.4) is 0 Å². The van der Waals surface area contributed by atoms with Crippen molar-refractivity contribution in [3.8, 4) is 0 Å². The smallest absolute Gasteiger partial charge is 0.112 e. The number of nitrogens with zero attached hydrogens (tertiary/aromatic N) is 2. The summed E-state index contributed by atoms with van der Waals surface area (Å²) in [7, 11) is 2.10. The first-order valence-corrected chi connectivity index (χ1v) is 6.92. The zero-order valence-electron chi connectivity index (χ0n) is 10.5. The molecule has 0 aliphatic carbocycles. The molecule has 1 saturated heterocycles. The Morgan fingerprint density at radius 1 is 1.39 bits per heavy atom. The first kappa shape index (κ1) is 12.0. The van der Waals surface area contributed by atoms with Crippen LogP contribution in [0.2, 0.25) is 0 Å². The summed E-state index contributed by atoms with van der Waals surface area (Å²) in [5.41, 5.74) is 3.36. The van der Waals surface area contributed by atoms with Gasteiger partial charge in [0.05, 0.1) is 11.0 Å². The molecular formula is C14H17ClN2O. The summed E-state index contributed by atoms with van der Waals surface area (Å²) in [6.45, 7) is 1.70. The van der Waals surface area contributed by atoms with E-state index in [1.54, 1.807) is 0 Å². The van der Waals surface area contributed by atoms with Gasteiger partial charge in [0.2, 0.25) is 0 Å². The van der Waals surface area contributed by atoms with Gasteiger partial charge < -0.3 is 9.30 Å². The average Bonchev–Trinajstić information content (AvgIpc) is 2.76. The van der Waals surface area contributed by atoms with Crippen molar-refractivity contribution in [3.05, 3.63) is 29.6 Å². The topological polar surface area (TPSA) is 27.1 Å².